The molecule has 0 saturated carbocycles. The fourth-order valence-electron chi connectivity index (χ4n) is 1.56. The van der Waals surface area contributed by atoms with E-state index in [0.29, 0.717) is 0 Å². The van der Waals surface area contributed by atoms with Crippen LogP contribution in [0.5, 0.6) is 0 Å². The maximum absolute atomic E-state index is 3.37. The highest BCUT2D eigenvalue weighted by molar-refractivity contribution is 5.54. The molecule has 0 unspecified atom stereocenters. The zero-order valence-corrected chi connectivity index (χ0v) is 10.0. The molecule has 15 heavy (non-hydrogen) atoms. The molecule has 82 valence electrons. The second-order valence-corrected chi connectivity index (χ2v) is 3.85. The average Bonchev–Trinajstić information content (AvgIpc) is 2.24. The Morgan fingerprint density at radius 3 is 2.73 bits per heavy atom. The molecular weight excluding hydrogens is 182 g/mol. The lowest BCUT2D eigenvalue weighted by Crippen LogP contribution is -2.15. The van der Waals surface area contributed by atoms with Gasteiger partial charge in [0.15, 0.2) is 0 Å². The fourth-order valence-corrected chi connectivity index (χ4v) is 1.56. The van der Waals surface area contributed by atoms with Gasteiger partial charge in [0.05, 0.1) is 0 Å². The van der Waals surface area contributed by atoms with Gasteiger partial charge in [-0.2, -0.15) is 0 Å². The molecule has 0 bridgehead atoms. The van der Waals surface area contributed by atoms with Crippen molar-refractivity contribution in [2.24, 2.45) is 0 Å². The SMILES string of the molecule is CCNCC(=Cc1cccc(C)c1)CC. The Hall–Kier alpha value is -1.08. The third-order valence-corrected chi connectivity index (χ3v) is 2.47. The van der Waals surface area contributed by atoms with Crippen molar-refractivity contribution in [3.05, 3.63) is 41.0 Å². The summed E-state index contributed by atoms with van der Waals surface area (Å²) >= 11 is 0. The van der Waals surface area contributed by atoms with Gasteiger partial charge in [0.25, 0.3) is 0 Å². The van der Waals surface area contributed by atoms with E-state index >= 15 is 0 Å². The molecule has 1 aromatic carbocycles. The number of hydrogen-bond acceptors (Lipinski definition) is 1. The van der Waals surface area contributed by atoms with Crippen molar-refractivity contribution in [2.75, 3.05) is 13.1 Å². The smallest absolute Gasteiger partial charge is 0.0167 e. The van der Waals surface area contributed by atoms with E-state index in [0.717, 1.165) is 19.5 Å². The number of hydrogen-bond donors (Lipinski definition) is 1. The van der Waals surface area contributed by atoms with Crippen LogP contribution in [0.1, 0.15) is 31.4 Å². The lowest BCUT2D eigenvalue weighted by molar-refractivity contribution is 0.762. The van der Waals surface area contributed by atoms with Crippen LogP contribution in [-0.4, -0.2) is 13.1 Å². The van der Waals surface area contributed by atoms with Crippen molar-refractivity contribution >= 4 is 6.08 Å². The Kier molecular flexibility index (Phi) is 5.13. The molecule has 0 aliphatic rings. The molecule has 0 atom stereocenters. The van der Waals surface area contributed by atoms with Gasteiger partial charge in [0.2, 0.25) is 0 Å². The molecule has 0 aliphatic carbocycles. The monoisotopic (exact) mass is 203 g/mol. The van der Waals surface area contributed by atoms with Crippen molar-refractivity contribution in [2.45, 2.75) is 27.2 Å². The van der Waals surface area contributed by atoms with Crippen molar-refractivity contribution < 1.29 is 0 Å². The van der Waals surface area contributed by atoms with Gasteiger partial charge < -0.3 is 5.32 Å². The average molecular weight is 203 g/mol. The molecule has 0 spiro atoms. The largest absolute Gasteiger partial charge is 0.313 e. The minimum Gasteiger partial charge on any atom is -0.313 e. The predicted molar refractivity (Wildman–Crippen MR) is 68.0 cm³/mol. The Balaban J connectivity index is 2.74. The van der Waals surface area contributed by atoms with Crippen LogP contribution >= 0.6 is 0 Å². The van der Waals surface area contributed by atoms with Gasteiger partial charge in [-0.1, -0.05) is 55.3 Å². The van der Waals surface area contributed by atoms with Gasteiger partial charge in [-0.25, -0.2) is 0 Å². The third kappa shape index (κ3) is 4.30. The van der Waals surface area contributed by atoms with Crippen molar-refractivity contribution in [3.8, 4) is 0 Å². The summed E-state index contributed by atoms with van der Waals surface area (Å²) in [6.45, 7) is 8.51. The van der Waals surface area contributed by atoms with E-state index in [1.807, 2.05) is 0 Å². The van der Waals surface area contributed by atoms with Gasteiger partial charge in [0.1, 0.15) is 0 Å². The molecule has 1 heteroatoms. The minimum absolute atomic E-state index is 1.00. The quantitative estimate of drug-likeness (QED) is 0.773. The molecule has 0 radical (unpaired) electrons. The Bertz CT molecular complexity index is 326. The van der Waals surface area contributed by atoms with Crippen LogP contribution < -0.4 is 5.32 Å². The van der Waals surface area contributed by atoms with Crippen LogP contribution in [0, 0.1) is 6.92 Å². The highest BCUT2D eigenvalue weighted by Gasteiger charge is 1.94. The number of rotatable bonds is 5. The van der Waals surface area contributed by atoms with Gasteiger partial charge in [-0.3, -0.25) is 0 Å². The second-order valence-electron chi connectivity index (χ2n) is 3.85. The summed E-state index contributed by atoms with van der Waals surface area (Å²) in [5, 5.41) is 3.37. The van der Waals surface area contributed by atoms with Crippen molar-refractivity contribution in [1.82, 2.24) is 5.32 Å². The number of likely N-dealkylation sites (N-methyl/N-ethyl adjacent to an activating group) is 1. The first-order valence-electron chi connectivity index (χ1n) is 5.73. The first-order chi connectivity index (χ1) is 7.26. The Morgan fingerprint density at radius 2 is 2.13 bits per heavy atom. The molecular formula is C14H21N. The summed E-state index contributed by atoms with van der Waals surface area (Å²) in [5.74, 6) is 0. The standard InChI is InChI=1S/C14H21N/c1-4-13(11-15-5-2)10-14-8-6-7-12(3)9-14/h6-10,15H,4-5,11H2,1-3H3. The van der Waals surface area contributed by atoms with Crippen LogP contribution in [0.2, 0.25) is 0 Å². The molecule has 1 nitrogen and oxygen atoms in total. The maximum Gasteiger partial charge on any atom is 0.0167 e. The fraction of sp³-hybridized carbons (Fsp3) is 0.429. The summed E-state index contributed by atoms with van der Waals surface area (Å²) in [6, 6.07) is 8.63. The normalized spacial score (nSPS) is 11.8. The predicted octanol–water partition coefficient (Wildman–Crippen LogP) is 3.40. The highest BCUT2D eigenvalue weighted by atomic mass is 14.8. The first-order valence-corrected chi connectivity index (χ1v) is 5.73. The van der Waals surface area contributed by atoms with Crippen LogP contribution in [0.3, 0.4) is 0 Å². The molecule has 0 aliphatic heterocycles. The van der Waals surface area contributed by atoms with Crippen LogP contribution in [-0.2, 0) is 0 Å². The molecule has 1 N–H and O–H groups in total. The lowest BCUT2D eigenvalue weighted by Gasteiger charge is -2.05. The number of nitrogens with one attached hydrogen (secondary N) is 1. The first kappa shape index (κ1) is 12.0. The zero-order valence-electron chi connectivity index (χ0n) is 10.0. The van der Waals surface area contributed by atoms with Gasteiger partial charge in [-0.05, 0) is 25.5 Å². The topological polar surface area (TPSA) is 12.0 Å². The lowest BCUT2D eigenvalue weighted by atomic mass is 10.1. The van der Waals surface area contributed by atoms with E-state index in [9.17, 15) is 0 Å². The van der Waals surface area contributed by atoms with Crippen LogP contribution in [0.15, 0.2) is 29.8 Å². The molecule has 0 aromatic heterocycles. The minimum atomic E-state index is 1.00. The summed E-state index contributed by atoms with van der Waals surface area (Å²) < 4.78 is 0. The summed E-state index contributed by atoms with van der Waals surface area (Å²) in [6.07, 6.45) is 3.40. The molecule has 1 rings (SSSR count). The third-order valence-electron chi connectivity index (χ3n) is 2.47. The van der Waals surface area contributed by atoms with E-state index in [1.165, 1.54) is 16.7 Å². The molecule has 0 heterocycles. The van der Waals surface area contributed by atoms with Crippen molar-refractivity contribution in [3.63, 3.8) is 0 Å². The van der Waals surface area contributed by atoms with Crippen LogP contribution in [0.25, 0.3) is 6.08 Å². The van der Waals surface area contributed by atoms with Gasteiger partial charge in [0, 0.05) is 6.54 Å². The Labute approximate surface area is 93.2 Å². The summed E-state index contributed by atoms with van der Waals surface area (Å²) in [5.41, 5.74) is 4.09. The molecule has 1 aromatic rings. The summed E-state index contributed by atoms with van der Waals surface area (Å²) in [7, 11) is 0. The van der Waals surface area contributed by atoms with E-state index in [2.05, 4.69) is 56.4 Å². The second kappa shape index (κ2) is 6.41. The van der Waals surface area contributed by atoms with E-state index in [-0.39, 0.29) is 0 Å². The van der Waals surface area contributed by atoms with Gasteiger partial charge >= 0.3 is 0 Å². The summed E-state index contributed by atoms with van der Waals surface area (Å²) in [4.78, 5) is 0. The molecule has 0 fully saturated rings. The van der Waals surface area contributed by atoms with E-state index in [1.54, 1.807) is 0 Å². The molecule has 0 amide bonds. The highest BCUT2D eigenvalue weighted by Crippen LogP contribution is 2.10. The maximum atomic E-state index is 3.37. The van der Waals surface area contributed by atoms with Crippen LogP contribution in [0.4, 0.5) is 0 Å². The van der Waals surface area contributed by atoms with Gasteiger partial charge in [-0.15, -0.1) is 0 Å². The zero-order chi connectivity index (χ0) is 11.1. The number of benzene rings is 1. The molecule has 0 saturated heterocycles. The van der Waals surface area contributed by atoms with E-state index < -0.39 is 0 Å². The number of aryl methyl sites for hydroxylation is 1. The van der Waals surface area contributed by atoms with E-state index in [4.69, 9.17) is 0 Å². The Morgan fingerprint density at radius 1 is 1.33 bits per heavy atom. The van der Waals surface area contributed by atoms with Crippen molar-refractivity contribution in [1.29, 1.82) is 0 Å².